The first-order valence-electron chi connectivity index (χ1n) is 21.6. The van der Waals surface area contributed by atoms with E-state index in [1.54, 1.807) is 0 Å². The molecule has 0 fully saturated rings. The predicted octanol–water partition coefficient (Wildman–Crippen LogP) is 16.4. The van der Waals surface area contributed by atoms with Crippen molar-refractivity contribution >= 4 is 60.7 Å². The van der Waals surface area contributed by atoms with Gasteiger partial charge in [-0.2, -0.15) is 0 Å². The van der Waals surface area contributed by atoms with Crippen LogP contribution in [0.1, 0.15) is 0 Å². The Morgan fingerprint density at radius 1 is 0.270 bits per heavy atom. The van der Waals surface area contributed by atoms with E-state index in [0.29, 0.717) is 0 Å². The normalized spacial score (nSPS) is 11.5. The molecule has 0 aliphatic rings. The first-order chi connectivity index (χ1) is 31.3. The summed E-state index contributed by atoms with van der Waals surface area (Å²) in [6, 6.07) is 90.1. The van der Waals surface area contributed by atoms with Gasteiger partial charge < -0.3 is 14.0 Å². The fraction of sp³-hybridized carbons (Fsp3) is 0. The summed E-state index contributed by atoms with van der Waals surface area (Å²) < 4.78 is 4.81. The van der Waals surface area contributed by atoms with Crippen molar-refractivity contribution in [1.29, 1.82) is 0 Å². The van der Waals surface area contributed by atoms with Crippen molar-refractivity contribution in [3.05, 3.63) is 249 Å². The molecule has 3 heteroatoms. The number of benzene rings is 10. The minimum absolute atomic E-state index is 1.08. The van der Waals surface area contributed by atoms with Crippen molar-refractivity contribution in [1.82, 2.24) is 9.13 Å². The Labute approximate surface area is 366 Å². The zero-order chi connectivity index (χ0) is 41.7. The molecule has 0 aliphatic carbocycles. The molecular weight excluding hydrogens is 763 g/mol. The lowest BCUT2D eigenvalue weighted by atomic mass is 9.99. The van der Waals surface area contributed by atoms with E-state index >= 15 is 0 Å². The van der Waals surface area contributed by atoms with E-state index in [1.807, 2.05) is 0 Å². The minimum atomic E-state index is 1.08. The van der Waals surface area contributed by atoms with Gasteiger partial charge in [0, 0.05) is 49.9 Å². The van der Waals surface area contributed by atoms with Crippen LogP contribution in [0.3, 0.4) is 0 Å². The van der Waals surface area contributed by atoms with Gasteiger partial charge in [0.2, 0.25) is 0 Å². The van der Waals surface area contributed by atoms with Gasteiger partial charge in [-0.15, -0.1) is 0 Å². The Morgan fingerprint density at radius 2 is 0.762 bits per heavy atom. The van der Waals surface area contributed by atoms with E-state index in [0.717, 1.165) is 45.1 Å². The summed E-state index contributed by atoms with van der Waals surface area (Å²) in [5, 5.41) is 4.97. The van der Waals surface area contributed by atoms with E-state index in [-0.39, 0.29) is 0 Å². The summed E-state index contributed by atoms with van der Waals surface area (Å²) in [7, 11) is 0. The number of rotatable bonds is 8. The summed E-state index contributed by atoms with van der Waals surface area (Å²) in [5.74, 6) is 0. The van der Waals surface area contributed by atoms with Gasteiger partial charge in [0.05, 0.1) is 27.8 Å². The first kappa shape index (κ1) is 36.5. The van der Waals surface area contributed by atoms with Crippen LogP contribution in [-0.2, 0) is 0 Å². The maximum Gasteiger partial charge on any atom is 0.0562 e. The van der Waals surface area contributed by atoms with Gasteiger partial charge in [-0.25, -0.2) is 0 Å². The lowest BCUT2D eigenvalue weighted by Gasteiger charge is -2.28. The van der Waals surface area contributed by atoms with Crippen LogP contribution in [0.25, 0.3) is 88.4 Å². The minimum Gasteiger partial charge on any atom is -0.310 e. The zero-order valence-electron chi connectivity index (χ0n) is 34.5. The Kier molecular flexibility index (Phi) is 8.83. The SMILES string of the molecule is c1ccc(-c2ccccc2N(c2ccc(-c3ccc4c5ccccc5n(-c5ccccc5)c4c3)cc2)c2ccc3c4c(-c5ccccc5)cccc4n(-c4ccccc4)c3c2)cc1. The second kappa shape index (κ2) is 15.3. The molecule has 2 aromatic heterocycles. The Bertz CT molecular complexity index is 3590. The molecule has 0 spiro atoms. The molecule has 296 valence electrons. The number of nitrogens with zero attached hydrogens (tertiary/aromatic N) is 3. The van der Waals surface area contributed by atoms with Crippen LogP contribution in [0.15, 0.2) is 249 Å². The summed E-state index contributed by atoms with van der Waals surface area (Å²) in [4.78, 5) is 2.42. The molecule has 10 aromatic carbocycles. The molecule has 0 N–H and O–H groups in total. The van der Waals surface area contributed by atoms with E-state index in [4.69, 9.17) is 0 Å². The van der Waals surface area contributed by atoms with Crippen molar-refractivity contribution in [2.75, 3.05) is 4.90 Å². The number of aromatic nitrogens is 2. The number of anilines is 3. The predicted molar refractivity (Wildman–Crippen MR) is 266 cm³/mol. The number of hydrogen-bond acceptors (Lipinski definition) is 1. The Balaban J connectivity index is 1.05. The molecule has 0 amide bonds. The third-order valence-corrected chi connectivity index (χ3v) is 12.5. The van der Waals surface area contributed by atoms with Crippen molar-refractivity contribution in [2.45, 2.75) is 0 Å². The van der Waals surface area contributed by atoms with Crippen LogP contribution in [0.5, 0.6) is 0 Å². The topological polar surface area (TPSA) is 13.1 Å². The van der Waals surface area contributed by atoms with Gasteiger partial charge >= 0.3 is 0 Å². The fourth-order valence-corrected chi connectivity index (χ4v) is 9.67. The maximum absolute atomic E-state index is 2.43. The molecule has 0 aliphatic heterocycles. The van der Waals surface area contributed by atoms with Crippen LogP contribution < -0.4 is 4.90 Å². The van der Waals surface area contributed by atoms with Crippen LogP contribution >= 0.6 is 0 Å². The van der Waals surface area contributed by atoms with Crippen LogP contribution in [0.4, 0.5) is 17.1 Å². The molecule has 2 heterocycles. The Morgan fingerprint density at radius 3 is 1.48 bits per heavy atom. The summed E-state index contributed by atoms with van der Waals surface area (Å²) >= 11 is 0. The first-order valence-corrected chi connectivity index (χ1v) is 21.6. The summed E-state index contributed by atoms with van der Waals surface area (Å²) in [6.07, 6.45) is 0. The molecular formula is C60H41N3. The van der Waals surface area contributed by atoms with E-state index in [1.165, 1.54) is 60.3 Å². The lowest BCUT2D eigenvalue weighted by Crippen LogP contribution is -2.11. The van der Waals surface area contributed by atoms with Gasteiger partial charge in [0.25, 0.3) is 0 Å². The van der Waals surface area contributed by atoms with Gasteiger partial charge in [0.15, 0.2) is 0 Å². The van der Waals surface area contributed by atoms with Crippen molar-refractivity contribution in [3.8, 4) is 44.8 Å². The number of fused-ring (bicyclic) bond motifs is 6. The third kappa shape index (κ3) is 6.21. The molecule has 0 radical (unpaired) electrons. The van der Waals surface area contributed by atoms with Crippen molar-refractivity contribution < 1.29 is 0 Å². The quantitative estimate of drug-likeness (QED) is 0.149. The molecule has 12 rings (SSSR count). The van der Waals surface area contributed by atoms with Gasteiger partial charge in [-0.3, -0.25) is 0 Å². The molecule has 12 aromatic rings. The smallest absolute Gasteiger partial charge is 0.0562 e. The molecule has 0 bridgehead atoms. The Hall–Kier alpha value is -8.40. The highest BCUT2D eigenvalue weighted by Crippen LogP contribution is 2.45. The molecule has 3 nitrogen and oxygen atoms in total. The van der Waals surface area contributed by atoms with Crippen molar-refractivity contribution in [3.63, 3.8) is 0 Å². The van der Waals surface area contributed by atoms with Gasteiger partial charge in [0.1, 0.15) is 0 Å². The van der Waals surface area contributed by atoms with Crippen LogP contribution in [0, 0.1) is 0 Å². The average Bonchev–Trinajstić information content (AvgIpc) is 3.88. The van der Waals surface area contributed by atoms with E-state index in [2.05, 4.69) is 263 Å². The second-order valence-electron chi connectivity index (χ2n) is 16.1. The van der Waals surface area contributed by atoms with Gasteiger partial charge in [-0.05, 0) is 101 Å². The van der Waals surface area contributed by atoms with Crippen LogP contribution in [-0.4, -0.2) is 9.13 Å². The second-order valence-corrected chi connectivity index (χ2v) is 16.1. The fourth-order valence-electron chi connectivity index (χ4n) is 9.67. The largest absolute Gasteiger partial charge is 0.310 e. The maximum atomic E-state index is 2.43. The van der Waals surface area contributed by atoms with Gasteiger partial charge in [-0.1, -0.05) is 176 Å². The highest BCUT2D eigenvalue weighted by Gasteiger charge is 2.22. The van der Waals surface area contributed by atoms with Crippen molar-refractivity contribution in [2.24, 2.45) is 0 Å². The van der Waals surface area contributed by atoms with E-state index in [9.17, 15) is 0 Å². The zero-order valence-corrected chi connectivity index (χ0v) is 34.5. The number of para-hydroxylation sites is 4. The highest BCUT2D eigenvalue weighted by molar-refractivity contribution is 6.16. The molecule has 0 atom stereocenters. The standard InChI is InChI=1S/C60H41N3/c1-5-18-43(19-6-1)50-26-13-15-29-55(50)61(48-35-32-42(33-36-48)45-34-38-53-52-27-14-16-30-56(52)62(58(53)40-45)46-22-9-3-10-23-46)49-37-39-54-59(41-49)63(47-24-11-4-12-25-47)57-31-17-28-51(60(54)57)44-20-7-2-8-21-44/h1-41H. The molecule has 0 unspecified atom stereocenters. The summed E-state index contributed by atoms with van der Waals surface area (Å²) in [5.41, 5.74) is 17.4. The van der Waals surface area contributed by atoms with E-state index < -0.39 is 0 Å². The molecule has 63 heavy (non-hydrogen) atoms. The van der Waals surface area contributed by atoms with Crippen LogP contribution in [0.2, 0.25) is 0 Å². The number of hydrogen-bond donors (Lipinski definition) is 0. The highest BCUT2D eigenvalue weighted by atomic mass is 15.1. The lowest BCUT2D eigenvalue weighted by molar-refractivity contribution is 1.18. The third-order valence-electron chi connectivity index (χ3n) is 12.5. The average molecular weight is 804 g/mol. The monoisotopic (exact) mass is 803 g/mol. The molecule has 0 saturated carbocycles. The molecule has 0 saturated heterocycles. The summed E-state index contributed by atoms with van der Waals surface area (Å²) in [6.45, 7) is 0.